The number of methoxy groups -OCH3 is 1. The van der Waals surface area contributed by atoms with Crippen LogP contribution in [0.5, 0.6) is 0 Å². The van der Waals surface area contributed by atoms with E-state index in [1.165, 1.54) is 0 Å². The highest BCUT2D eigenvalue weighted by Gasteiger charge is 2.19. The number of nitrogens with zero attached hydrogens (tertiary/aromatic N) is 1. The monoisotopic (exact) mass is 246 g/mol. The third-order valence-electron chi connectivity index (χ3n) is 3.12. The van der Waals surface area contributed by atoms with E-state index in [0.717, 1.165) is 17.7 Å². The molecule has 1 aromatic rings. The van der Waals surface area contributed by atoms with Crippen molar-refractivity contribution in [3.8, 4) is 6.07 Å². The third-order valence-corrected chi connectivity index (χ3v) is 3.12. The van der Waals surface area contributed by atoms with Gasteiger partial charge in [0.15, 0.2) is 0 Å². The molecule has 0 fully saturated rings. The van der Waals surface area contributed by atoms with Crippen LogP contribution in [0.4, 0.5) is 5.69 Å². The van der Waals surface area contributed by atoms with E-state index in [4.69, 9.17) is 10.00 Å². The largest absolute Gasteiger partial charge is 0.383 e. The minimum atomic E-state index is -0.435. The van der Waals surface area contributed by atoms with Crippen LogP contribution in [-0.2, 0) is 10.2 Å². The van der Waals surface area contributed by atoms with E-state index in [1.54, 1.807) is 7.11 Å². The zero-order valence-electron chi connectivity index (χ0n) is 11.7. The van der Waals surface area contributed by atoms with Crippen LogP contribution < -0.4 is 5.32 Å². The molecule has 0 aliphatic heterocycles. The fourth-order valence-electron chi connectivity index (χ4n) is 1.75. The number of nitriles is 1. The molecule has 0 amide bonds. The van der Waals surface area contributed by atoms with Gasteiger partial charge in [-0.05, 0) is 38.0 Å². The summed E-state index contributed by atoms with van der Waals surface area (Å²) < 4.78 is 5.16. The molecule has 3 nitrogen and oxygen atoms in total. The van der Waals surface area contributed by atoms with Crippen molar-refractivity contribution in [1.82, 2.24) is 0 Å². The van der Waals surface area contributed by atoms with E-state index in [0.29, 0.717) is 12.6 Å². The minimum Gasteiger partial charge on any atom is -0.383 e. The molecule has 1 rings (SSSR count). The zero-order valence-corrected chi connectivity index (χ0v) is 11.7. The van der Waals surface area contributed by atoms with Gasteiger partial charge in [0.1, 0.15) is 0 Å². The molecule has 0 bridgehead atoms. The lowest BCUT2D eigenvalue weighted by atomic mass is 9.86. The fraction of sp³-hybridized carbons (Fsp3) is 0.533. The van der Waals surface area contributed by atoms with E-state index in [2.05, 4.69) is 18.3 Å². The Morgan fingerprint density at radius 1 is 1.33 bits per heavy atom. The maximum Gasteiger partial charge on any atom is 0.0766 e. The molecule has 3 heteroatoms. The van der Waals surface area contributed by atoms with Gasteiger partial charge in [0.05, 0.1) is 18.1 Å². The molecule has 1 atom stereocenters. The summed E-state index contributed by atoms with van der Waals surface area (Å²) in [4.78, 5) is 0. The lowest BCUT2D eigenvalue weighted by molar-refractivity contribution is 0.184. The first-order valence-electron chi connectivity index (χ1n) is 6.30. The number of nitrogens with one attached hydrogen (secondary N) is 1. The maximum absolute atomic E-state index is 9.09. The van der Waals surface area contributed by atoms with Gasteiger partial charge in [0.2, 0.25) is 0 Å². The number of anilines is 1. The highest BCUT2D eigenvalue weighted by atomic mass is 16.5. The van der Waals surface area contributed by atoms with Crippen LogP contribution in [0.3, 0.4) is 0 Å². The van der Waals surface area contributed by atoms with Crippen molar-refractivity contribution < 1.29 is 4.74 Å². The number of hydrogen-bond acceptors (Lipinski definition) is 3. The van der Waals surface area contributed by atoms with Gasteiger partial charge < -0.3 is 10.1 Å². The summed E-state index contributed by atoms with van der Waals surface area (Å²) in [5, 5.41) is 12.5. The van der Waals surface area contributed by atoms with Gasteiger partial charge in [0, 0.05) is 18.8 Å². The van der Waals surface area contributed by atoms with E-state index >= 15 is 0 Å². The van der Waals surface area contributed by atoms with Gasteiger partial charge >= 0.3 is 0 Å². The molecular formula is C15H22N2O. The second kappa shape index (κ2) is 6.42. The smallest absolute Gasteiger partial charge is 0.0766 e. The van der Waals surface area contributed by atoms with Gasteiger partial charge in [-0.25, -0.2) is 0 Å². The Bertz CT molecular complexity index is 403. The highest BCUT2D eigenvalue weighted by molar-refractivity contribution is 5.47. The fourth-order valence-corrected chi connectivity index (χ4v) is 1.75. The van der Waals surface area contributed by atoms with Crippen molar-refractivity contribution >= 4 is 5.69 Å². The van der Waals surface area contributed by atoms with Gasteiger partial charge in [-0.3, -0.25) is 0 Å². The summed E-state index contributed by atoms with van der Waals surface area (Å²) in [7, 11) is 1.71. The molecule has 0 aliphatic carbocycles. The molecule has 0 saturated carbocycles. The Labute approximate surface area is 110 Å². The SMILES string of the molecule is CCC(COC)Nc1ccc(C(C)(C)C#N)cc1. The molecule has 98 valence electrons. The topological polar surface area (TPSA) is 45.0 Å². The average Bonchev–Trinajstić information content (AvgIpc) is 2.39. The normalized spacial score (nSPS) is 12.8. The molecule has 0 spiro atoms. The van der Waals surface area contributed by atoms with Gasteiger partial charge in [0.25, 0.3) is 0 Å². The zero-order chi connectivity index (χ0) is 13.6. The maximum atomic E-state index is 9.09. The van der Waals surface area contributed by atoms with Crippen LogP contribution in [0.15, 0.2) is 24.3 Å². The second-order valence-corrected chi connectivity index (χ2v) is 5.02. The molecule has 0 radical (unpaired) electrons. The molecule has 0 heterocycles. The lowest BCUT2D eigenvalue weighted by Gasteiger charge is -2.19. The first kappa shape index (κ1) is 14.5. The summed E-state index contributed by atoms with van der Waals surface area (Å²) in [5.41, 5.74) is 1.67. The molecule has 0 aromatic heterocycles. The molecule has 1 aromatic carbocycles. The van der Waals surface area contributed by atoms with Gasteiger partial charge in [-0.1, -0.05) is 19.1 Å². The minimum absolute atomic E-state index is 0.324. The van der Waals surface area contributed by atoms with E-state index in [1.807, 2.05) is 38.1 Å². The highest BCUT2D eigenvalue weighted by Crippen LogP contribution is 2.23. The predicted octanol–water partition coefficient (Wildman–Crippen LogP) is 3.32. The van der Waals surface area contributed by atoms with E-state index in [-0.39, 0.29) is 0 Å². The van der Waals surface area contributed by atoms with Crippen LogP contribution in [0, 0.1) is 11.3 Å². The van der Waals surface area contributed by atoms with Gasteiger partial charge in [-0.15, -0.1) is 0 Å². The second-order valence-electron chi connectivity index (χ2n) is 5.02. The number of rotatable bonds is 6. The number of benzene rings is 1. The molecule has 0 saturated heterocycles. The van der Waals surface area contributed by atoms with Crippen LogP contribution in [0.1, 0.15) is 32.8 Å². The van der Waals surface area contributed by atoms with E-state index < -0.39 is 5.41 Å². The molecule has 18 heavy (non-hydrogen) atoms. The Kier molecular flexibility index (Phi) is 5.18. The van der Waals surface area contributed by atoms with E-state index in [9.17, 15) is 0 Å². The van der Waals surface area contributed by atoms with Crippen molar-refractivity contribution in [1.29, 1.82) is 5.26 Å². The number of hydrogen-bond donors (Lipinski definition) is 1. The molecule has 1 unspecified atom stereocenters. The van der Waals surface area contributed by atoms with Crippen LogP contribution in [-0.4, -0.2) is 19.8 Å². The van der Waals surface area contributed by atoms with Gasteiger partial charge in [-0.2, -0.15) is 5.26 Å². The summed E-state index contributed by atoms with van der Waals surface area (Å²) in [6.07, 6.45) is 1.01. The van der Waals surface area contributed by atoms with Crippen molar-refractivity contribution in [3.05, 3.63) is 29.8 Å². The standard InChI is InChI=1S/C15H22N2O/c1-5-13(10-18-4)17-14-8-6-12(7-9-14)15(2,3)11-16/h6-9,13,17H,5,10H2,1-4H3. The summed E-state index contributed by atoms with van der Waals surface area (Å²) in [6.45, 7) is 6.68. The summed E-state index contributed by atoms with van der Waals surface area (Å²) in [6, 6.07) is 10.7. The van der Waals surface area contributed by atoms with Crippen LogP contribution in [0.25, 0.3) is 0 Å². The van der Waals surface area contributed by atoms with Crippen molar-refractivity contribution in [2.75, 3.05) is 19.0 Å². The third kappa shape index (κ3) is 3.75. The molecular weight excluding hydrogens is 224 g/mol. The Hall–Kier alpha value is -1.53. The first-order valence-corrected chi connectivity index (χ1v) is 6.30. The van der Waals surface area contributed by atoms with Crippen molar-refractivity contribution in [2.45, 2.75) is 38.6 Å². The van der Waals surface area contributed by atoms with Crippen LogP contribution >= 0.6 is 0 Å². The van der Waals surface area contributed by atoms with Crippen LogP contribution in [0.2, 0.25) is 0 Å². The first-order chi connectivity index (χ1) is 8.53. The lowest BCUT2D eigenvalue weighted by Crippen LogP contribution is -2.24. The summed E-state index contributed by atoms with van der Waals surface area (Å²) in [5.74, 6) is 0. The number of ether oxygens (including phenoxy) is 1. The molecule has 1 N–H and O–H groups in total. The Morgan fingerprint density at radius 3 is 2.39 bits per heavy atom. The quantitative estimate of drug-likeness (QED) is 0.837. The predicted molar refractivity (Wildman–Crippen MR) is 74.7 cm³/mol. The van der Waals surface area contributed by atoms with Crippen molar-refractivity contribution in [2.24, 2.45) is 0 Å². The summed E-state index contributed by atoms with van der Waals surface area (Å²) >= 11 is 0. The Balaban J connectivity index is 2.75. The van der Waals surface area contributed by atoms with Crippen molar-refractivity contribution in [3.63, 3.8) is 0 Å². The average molecular weight is 246 g/mol. The Morgan fingerprint density at radius 2 is 1.94 bits per heavy atom. The molecule has 0 aliphatic rings.